The number of piperazine rings is 1. The number of hydrogen-bond donors (Lipinski definition) is 1. The second-order valence-corrected chi connectivity index (χ2v) is 11.5. The molecule has 1 N–H and O–H groups in total. The quantitative estimate of drug-likeness (QED) is 0.492. The second-order valence-electron chi connectivity index (χ2n) is 10.6. The Morgan fingerprint density at radius 3 is 2.53 bits per heavy atom. The van der Waals surface area contributed by atoms with Crippen LogP contribution in [0.25, 0.3) is 0 Å². The van der Waals surface area contributed by atoms with E-state index in [4.69, 9.17) is 4.74 Å². The molecular formula is C27H38BrN3O3. The molecule has 1 unspecified atom stereocenters. The molecule has 1 atom stereocenters. The van der Waals surface area contributed by atoms with Crippen LogP contribution in [0.15, 0.2) is 51.7 Å². The first-order valence-electron chi connectivity index (χ1n) is 12.0. The zero-order valence-corrected chi connectivity index (χ0v) is 23.1. The molecule has 0 aromatic heterocycles. The van der Waals surface area contributed by atoms with Crippen LogP contribution in [0, 0.1) is 0 Å². The zero-order valence-electron chi connectivity index (χ0n) is 21.5. The van der Waals surface area contributed by atoms with Crippen molar-refractivity contribution >= 4 is 27.9 Å². The van der Waals surface area contributed by atoms with Gasteiger partial charge in [0.25, 0.3) is 5.91 Å². The monoisotopic (exact) mass is 531 g/mol. The van der Waals surface area contributed by atoms with Crippen LogP contribution in [0.1, 0.15) is 66.4 Å². The molecule has 0 spiro atoms. The number of amides is 2. The molecule has 1 aliphatic carbocycles. The second kappa shape index (κ2) is 10.1. The van der Waals surface area contributed by atoms with E-state index in [0.717, 1.165) is 40.6 Å². The summed E-state index contributed by atoms with van der Waals surface area (Å²) in [4.78, 5) is 30.5. The number of allylic oxidation sites excluding steroid dienone is 1. The average molecular weight is 533 g/mol. The predicted molar refractivity (Wildman–Crippen MR) is 139 cm³/mol. The number of ether oxygens (including phenoxy) is 1. The van der Waals surface area contributed by atoms with Crippen molar-refractivity contribution in [3.63, 3.8) is 0 Å². The Morgan fingerprint density at radius 1 is 1.29 bits per heavy atom. The van der Waals surface area contributed by atoms with Gasteiger partial charge in [-0.3, -0.25) is 9.69 Å². The molecule has 7 heteroatoms. The van der Waals surface area contributed by atoms with Gasteiger partial charge in [0.15, 0.2) is 0 Å². The van der Waals surface area contributed by atoms with Gasteiger partial charge in [-0.2, -0.15) is 0 Å². The van der Waals surface area contributed by atoms with Gasteiger partial charge in [-0.15, -0.1) is 0 Å². The summed E-state index contributed by atoms with van der Waals surface area (Å²) in [5.41, 5.74) is 2.75. The minimum Gasteiger partial charge on any atom is -0.444 e. The fourth-order valence-corrected chi connectivity index (χ4v) is 4.61. The van der Waals surface area contributed by atoms with Crippen molar-refractivity contribution in [2.24, 2.45) is 0 Å². The minimum atomic E-state index is -0.578. The molecule has 1 aromatic carbocycles. The molecule has 0 radical (unpaired) electrons. The first-order chi connectivity index (χ1) is 15.8. The highest BCUT2D eigenvalue weighted by molar-refractivity contribution is 9.10. The van der Waals surface area contributed by atoms with Gasteiger partial charge in [0.05, 0.1) is 23.7 Å². The highest BCUT2D eigenvalue weighted by atomic mass is 79.9. The van der Waals surface area contributed by atoms with E-state index < -0.39 is 5.60 Å². The molecular weight excluding hydrogens is 494 g/mol. The number of rotatable bonds is 5. The summed E-state index contributed by atoms with van der Waals surface area (Å²) in [6.07, 6.45) is 4.28. The van der Waals surface area contributed by atoms with Gasteiger partial charge in [0.2, 0.25) is 0 Å². The summed E-state index contributed by atoms with van der Waals surface area (Å²) >= 11 is 3.55. The summed E-state index contributed by atoms with van der Waals surface area (Å²) in [6.45, 7) is 12.7. The maximum absolute atomic E-state index is 13.8. The standard InChI is InChI=1S/C27H38BrN3O3/c1-8-18(2)14-22(24(32)29-27(12-13-27)20-10-9-11-21(28)15-20)23-17-31(19(3)16-30(23)7)25(33)34-26(4,5)6/h9-11,14-15,19H,8,12-13,16-17H2,1-7H3,(H,29,32)/b18-14?,23-22+. The maximum Gasteiger partial charge on any atom is 0.410 e. The van der Waals surface area contributed by atoms with Crippen LogP contribution in [0.5, 0.6) is 0 Å². The van der Waals surface area contributed by atoms with Crippen molar-refractivity contribution in [2.45, 2.75) is 78.0 Å². The molecule has 1 aliphatic heterocycles. The van der Waals surface area contributed by atoms with Crippen molar-refractivity contribution in [1.29, 1.82) is 0 Å². The number of benzene rings is 1. The lowest BCUT2D eigenvalue weighted by atomic mass is 10.0. The number of hydrogen-bond acceptors (Lipinski definition) is 4. The highest BCUT2D eigenvalue weighted by Crippen LogP contribution is 2.46. The summed E-state index contributed by atoms with van der Waals surface area (Å²) < 4.78 is 6.66. The third-order valence-corrected chi connectivity index (χ3v) is 6.96. The zero-order chi connectivity index (χ0) is 25.3. The summed E-state index contributed by atoms with van der Waals surface area (Å²) in [6, 6.07) is 8.11. The lowest BCUT2D eigenvalue weighted by Gasteiger charge is -2.42. The van der Waals surface area contributed by atoms with Gasteiger partial charge in [0.1, 0.15) is 5.60 Å². The molecule has 34 heavy (non-hydrogen) atoms. The van der Waals surface area contributed by atoms with E-state index in [2.05, 4.69) is 45.2 Å². The number of nitrogens with zero attached hydrogens (tertiary/aromatic N) is 2. The topological polar surface area (TPSA) is 61.9 Å². The Labute approximate surface area is 212 Å². The van der Waals surface area contributed by atoms with Crippen LogP contribution in [-0.4, -0.2) is 53.6 Å². The normalized spacial score (nSPS) is 21.8. The first-order valence-corrected chi connectivity index (χ1v) is 12.8. The van der Waals surface area contributed by atoms with Crippen molar-refractivity contribution in [2.75, 3.05) is 20.1 Å². The molecule has 2 fully saturated rings. The number of carbonyl (C=O) groups is 2. The van der Waals surface area contributed by atoms with Gasteiger partial charge < -0.3 is 15.0 Å². The first kappa shape index (κ1) is 26.3. The van der Waals surface area contributed by atoms with Crippen LogP contribution in [0.4, 0.5) is 4.79 Å². The molecule has 186 valence electrons. The molecule has 3 rings (SSSR count). The van der Waals surface area contributed by atoms with Crippen LogP contribution in [0.2, 0.25) is 0 Å². The largest absolute Gasteiger partial charge is 0.444 e. The van der Waals surface area contributed by atoms with Crippen molar-refractivity contribution in [1.82, 2.24) is 15.1 Å². The van der Waals surface area contributed by atoms with E-state index in [9.17, 15) is 9.59 Å². The molecule has 6 nitrogen and oxygen atoms in total. The fraction of sp³-hybridized carbons (Fsp3) is 0.556. The summed E-state index contributed by atoms with van der Waals surface area (Å²) in [5.74, 6) is -0.106. The van der Waals surface area contributed by atoms with Gasteiger partial charge in [-0.05, 0) is 77.7 Å². The minimum absolute atomic E-state index is 0.0272. The smallest absolute Gasteiger partial charge is 0.410 e. The lowest BCUT2D eigenvalue weighted by Crippen LogP contribution is -2.53. The van der Waals surface area contributed by atoms with Gasteiger partial charge in [0, 0.05) is 23.8 Å². The molecule has 2 amide bonds. The third-order valence-electron chi connectivity index (χ3n) is 6.46. The summed E-state index contributed by atoms with van der Waals surface area (Å²) in [5, 5.41) is 3.33. The Balaban J connectivity index is 1.95. The molecule has 1 saturated heterocycles. The predicted octanol–water partition coefficient (Wildman–Crippen LogP) is 5.74. The van der Waals surface area contributed by atoms with Crippen LogP contribution < -0.4 is 5.32 Å². The maximum atomic E-state index is 13.8. The Hall–Kier alpha value is -2.28. The van der Waals surface area contributed by atoms with E-state index in [1.54, 1.807) is 4.90 Å². The van der Waals surface area contributed by atoms with Crippen molar-refractivity contribution in [3.05, 3.63) is 57.2 Å². The van der Waals surface area contributed by atoms with E-state index >= 15 is 0 Å². The Bertz CT molecular complexity index is 1000. The highest BCUT2D eigenvalue weighted by Gasteiger charge is 2.46. The Morgan fingerprint density at radius 2 is 1.97 bits per heavy atom. The third kappa shape index (κ3) is 6.23. The van der Waals surface area contributed by atoms with Crippen LogP contribution in [0.3, 0.4) is 0 Å². The number of carbonyl (C=O) groups excluding carboxylic acids is 2. The average Bonchev–Trinajstić information content (AvgIpc) is 3.51. The van der Waals surface area contributed by atoms with E-state index in [0.29, 0.717) is 18.7 Å². The molecule has 1 heterocycles. The van der Waals surface area contributed by atoms with Crippen molar-refractivity contribution < 1.29 is 14.3 Å². The summed E-state index contributed by atoms with van der Waals surface area (Å²) in [7, 11) is 1.99. The van der Waals surface area contributed by atoms with Crippen molar-refractivity contribution in [3.8, 4) is 0 Å². The lowest BCUT2D eigenvalue weighted by molar-refractivity contribution is -0.118. The van der Waals surface area contributed by atoms with Gasteiger partial charge in [-0.25, -0.2) is 4.79 Å². The van der Waals surface area contributed by atoms with Gasteiger partial charge >= 0.3 is 6.09 Å². The van der Waals surface area contributed by atoms with E-state index in [1.165, 1.54) is 0 Å². The number of nitrogens with one attached hydrogen (secondary N) is 1. The molecule has 1 saturated carbocycles. The molecule has 2 aliphatic rings. The fourth-order valence-electron chi connectivity index (χ4n) is 4.21. The van der Waals surface area contributed by atoms with Crippen LogP contribution >= 0.6 is 15.9 Å². The number of halogens is 1. The SMILES string of the molecule is CCC(C)=C/C(C(=O)NC1(c2cccc(Br)c2)CC1)=C1/CN(C(=O)OC(C)(C)C)C(C)CN1C. The Kier molecular flexibility index (Phi) is 7.85. The van der Waals surface area contributed by atoms with Gasteiger partial charge in [-0.1, -0.05) is 40.6 Å². The van der Waals surface area contributed by atoms with Crippen LogP contribution in [-0.2, 0) is 15.1 Å². The molecule has 0 bridgehead atoms. The number of likely N-dealkylation sites (N-methyl/N-ethyl adjacent to an activating group) is 1. The van der Waals surface area contributed by atoms with E-state index in [-0.39, 0.29) is 23.6 Å². The van der Waals surface area contributed by atoms with E-state index in [1.807, 2.05) is 59.9 Å². The molecule has 1 aromatic rings.